The summed E-state index contributed by atoms with van der Waals surface area (Å²) in [7, 11) is 2.83. The molecule has 2 N–H and O–H groups in total. The number of nitrogens with one attached hydrogen (secondary N) is 2. The van der Waals surface area contributed by atoms with Crippen LogP contribution in [0.25, 0.3) is 0 Å². The highest BCUT2D eigenvalue weighted by molar-refractivity contribution is 6.10. The van der Waals surface area contributed by atoms with E-state index in [0.717, 1.165) is 10.5 Å². The second-order valence-electron chi connectivity index (χ2n) is 7.25. The van der Waals surface area contributed by atoms with E-state index in [1.54, 1.807) is 32.2 Å². The molecule has 0 aliphatic carbocycles. The van der Waals surface area contributed by atoms with Crippen molar-refractivity contribution in [3.05, 3.63) is 59.2 Å². The van der Waals surface area contributed by atoms with Crippen LogP contribution in [0.1, 0.15) is 28.4 Å². The number of urea groups is 1. The summed E-state index contributed by atoms with van der Waals surface area (Å²) in [6, 6.07) is 10.6. The Morgan fingerprint density at radius 3 is 2.35 bits per heavy atom. The van der Waals surface area contributed by atoms with Crippen LogP contribution in [0.4, 0.5) is 10.5 Å². The van der Waals surface area contributed by atoms with Crippen molar-refractivity contribution in [1.82, 2.24) is 10.2 Å². The topological polar surface area (TPSA) is 114 Å². The minimum absolute atomic E-state index is 0.333. The van der Waals surface area contributed by atoms with Gasteiger partial charge in [-0.15, -0.1) is 0 Å². The first kappa shape index (κ1) is 21.8. The zero-order valence-corrected chi connectivity index (χ0v) is 17.6. The lowest BCUT2D eigenvalue weighted by molar-refractivity contribution is -0.133. The van der Waals surface area contributed by atoms with Gasteiger partial charge in [0.15, 0.2) is 0 Å². The van der Waals surface area contributed by atoms with Crippen LogP contribution < -0.4 is 15.4 Å². The van der Waals surface area contributed by atoms with Crippen molar-refractivity contribution in [2.75, 3.05) is 26.1 Å². The van der Waals surface area contributed by atoms with Gasteiger partial charge < -0.3 is 20.1 Å². The fraction of sp³-hybridized carbons (Fsp3) is 0.273. The summed E-state index contributed by atoms with van der Waals surface area (Å²) in [5, 5.41) is 5.28. The first-order valence-corrected chi connectivity index (χ1v) is 9.47. The van der Waals surface area contributed by atoms with Gasteiger partial charge in [-0.3, -0.25) is 14.5 Å². The first-order chi connectivity index (χ1) is 14.7. The van der Waals surface area contributed by atoms with Crippen LogP contribution in [0.3, 0.4) is 0 Å². The van der Waals surface area contributed by atoms with E-state index in [1.807, 2.05) is 6.92 Å². The van der Waals surface area contributed by atoms with Crippen LogP contribution in [-0.4, -0.2) is 49.5 Å². The number of rotatable bonds is 6. The summed E-state index contributed by atoms with van der Waals surface area (Å²) >= 11 is 0. The first-order valence-electron chi connectivity index (χ1n) is 9.47. The van der Waals surface area contributed by atoms with Gasteiger partial charge in [-0.2, -0.15) is 0 Å². The maximum atomic E-state index is 13.0. The number of carbonyl (C=O) groups is 4. The molecule has 1 atom stereocenters. The number of hydrogen-bond acceptors (Lipinski definition) is 6. The van der Waals surface area contributed by atoms with E-state index >= 15 is 0 Å². The Labute approximate surface area is 179 Å². The molecule has 9 heteroatoms. The molecule has 0 aromatic heterocycles. The number of esters is 1. The van der Waals surface area contributed by atoms with E-state index in [0.29, 0.717) is 22.6 Å². The van der Waals surface area contributed by atoms with Crippen molar-refractivity contribution in [3.63, 3.8) is 0 Å². The number of benzene rings is 2. The van der Waals surface area contributed by atoms with Gasteiger partial charge >= 0.3 is 12.0 Å². The lowest BCUT2D eigenvalue weighted by Crippen LogP contribution is -2.42. The second kappa shape index (κ2) is 8.47. The lowest BCUT2D eigenvalue weighted by atomic mass is 9.90. The second-order valence-corrected chi connectivity index (χ2v) is 7.25. The van der Waals surface area contributed by atoms with Crippen molar-refractivity contribution >= 4 is 29.5 Å². The van der Waals surface area contributed by atoms with Gasteiger partial charge in [0.1, 0.15) is 17.8 Å². The number of aryl methyl sites for hydroxylation is 1. The third-order valence-corrected chi connectivity index (χ3v) is 5.14. The smallest absolute Gasteiger partial charge is 0.337 e. The Bertz CT molecular complexity index is 1050. The molecule has 162 valence electrons. The fourth-order valence-electron chi connectivity index (χ4n) is 3.38. The highest BCUT2D eigenvalue weighted by Gasteiger charge is 2.49. The van der Waals surface area contributed by atoms with E-state index in [2.05, 4.69) is 15.4 Å². The SMILES string of the molecule is COC(=O)c1ccc(NC(=O)CN2C(=O)NC(C)(c3ccc(OC)c(C)c3)C2=O)cc1. The Morgan fingerprint density at radius 1 is 1.10 bits per heavy atom. The molecule has 1 fully saturated rings. The molecule has 2 aromatic carbocycles. The molecule has 1 unspecified atom stereocenters. The minimum Gasteiger partial charge on any atom is -0.496 e. The largest absolute Gasteiger partial charge is 0.496 e. The van der Waals surface area contributed by atoms with Gasteiger partial charge in [-0.1, -0.05) is 6.07 Å². The maximum Gasteiger partial charge on any atom is 0.337 e. The molecule has 3 rings (SSSR count). The zero-order valence-electron chi connectivity index (χ0n) is 17.6. The molecule has 1 aliphatic heterocycles. The van der Waals surface area contributed by atoms with E-state index in [9.17, 15) is 19.2 Å². The van der Waals surface area contributed by atoms with E-state index in [4.69, 9.17) is 4.74 Å². The van der Waals surface area contributed by atoms with Gasteiger partial charge in [0.2, 0.25) is 5.91 Å². The van der Waals surface area contributed by atoms with Crippen LogP contribution >= 0.6 is 0 Å². The Morgan fingerprint density at radius 2 is 1.77 bits per heavy atom. The van der Waals surface area contributed by atoms with Crippen LogP contribution in [0.5, 0.6) is 5.75 Å². The molecule has 1 heterocycles. The van der Waals surface area contributed by atoms with Gasteiger partial charge in [0.25, 0.3) is 5.91 Å². The Balaban J connectivity index is 1.71. The number of amides is 4. The Kier molecular flexibility index (Phi) is 5.96. The molecule has 2 aromatic rings. The fourth-order valence-corrected chi connectivity index (χ4v) is 3.38. The van der Waals surface area contributed by atoms with Gasteiger partial charge in [-0.25, -0.2) is 9.59 Å². The molecule has 9 nitrogen and oxygen atoms in total. The van der Waals surface area contributed by atoms with Crippen molar-refractivity contribution in [2.24, 2.45) is 0 Å². The number of carbonyl (C=O) groups excluding carboxylic acids is 4. The molecule has 0 spiro atoms. The number of hydrogen-bond donors (Lipinski definition) is 2. The Hall–Kier alpha value is -3.88. The number of methoxy groups -OCH3 is 2. The van der Waals surface area contributed by atoms with Gasteiger partial charge in [-0.05, 0) is 61.4 Å². The molecular formula is C22H23N3O6. The zero-order chi connectivity index (χ0) is 22.8. The van der Waals surface area contributed by atoms with E-state index < -0.39 is 35.9 Å². The molecule has 31 heavy (non-hydrogen) atoms. The van der Waals surface area contributed by atoms with Crippen molar-refractivity contribution in [3.8, 4) is 5.75 Å². The standard InChI is InChI=1S/C22H23N3O6/c1-13-11-15(7-10-17(13)30-3)22(2)20(28)25(21(29)24-22)12-18(26)23-16-8-5-14(6-9-16)19(27)31-4/h5-11H,12H2,1-4H3,(H,23,26)(H,24,29). The van der Waals surface area contributed by atoms with Gasteiger partial charge in [0.05, 0.1) is 19.8 Å². The third kappa shape index (κ3) is 4.20. The molecular weight excluding hydrogens is 402 g/mol. The average Bonchev–Trinajstić information content (AvgIpc) is 2.97. The number of nitrogens with zero attached hydrogens (tertiary/aromatic N) is 1. The van der Waals surface area contributed by atoms with Gasteiger partial charge in [0, 0.05) is 5.69 Å². The predicted molar refractivity (Wildman–Crippen MR) is 112 cm³/mol. The summed E-state index contributed by atoms with van der Waals surface area (Å²) in [4.78, 5) is 50.3. The highest BCUT2D eigenvalue weighted by atomic mass is 16.5. The van der Waals surface area contributed by atoms with E-state index in [-0.39, 0.29) is 0 Å². The van der Waals surface area contributed by atoms with Crippen molar-refractivity contribution in [2.45, 2.75) is 19.4 Å². The maximum absolute atomic E-state index is 13.0. The van der Waals surface area contributed by atoms with Crippen LogP contribution in [0.2, 0.25) is 0 Å². The van der Waals surface area contributed by atoms with Crippen LogP contribution in [0, 0.1) is 6.92 Å². The quantitative estimate of drug-likeness (QED) is 0.542. The van der Waals surface area contributed by atoms with E-state index in [1.165, 1.54) is 31.4 Å². The van der Waals surface area contributed by atoms with Crippen LogP contribution in [0.15, 0.2) is 42.5 Å². The highest BCUT2D eigenvalue weighted by Crippen LogP contribution is 2.31. The normalized spacial score (nSPS) is 17.9. The molecule has 1 saturated heterocycles. The average molecular weight is 425 g/mol. The summed E-state index contributed by atoms with van der Waals surface area (Å²) in [6.45, 7) is 2.98. The molecule has 0 bridgehead atoms. The number of ether oxygens (including phenoxy) is 2. The summed E-state index contributed by atoms with van der Waals surface area (Å²) in [5.74, 6) is -0.911. The lowest BCUT2D eigenvalue weighted by Gasteiger charge is -2.23. The molecule has 1 aliphatic rings. The molecule has 0 saturated carbocycles. The molecule has 0 radical (unpaired) electrons. The minimum atomic E-state index is -1.30. The van der Waals surface area contributed by atoms with Crippen molar-refractivity contribution in [1.29, 1.82) is 0 Å². The number of anilines is 1. The summed E-state index contributed by atoms with van der Waals surface area (Å²) in [5.41, 5.74) is 0.857. The van der Waals surface area contributed by atoms with Crippen molar-refractivity contribution < 1.29 is 28.7 Å². The molecule has 4 amide bonds. The third-order valence-electron chi connectivity index (χ3n) is 5.14. The van der Waals surface area contributed by atoms with Crippen LogP contribution in [-0.2, 0) is 19.9 Å². The summed E-state index contributed by atoms with van der Waals surface area (Å²) in [6.07, 6.45) is 0. The monoisotopic (exact) mass is 425 g/mol. The summed E-state index contributed by atoms with van der Waals surface area (Å²) < 4.78 is 9.86. The predicted octanol–water partition coefficient (Wildman–Crippen LogP) is 2.20. The number of imide groups is 1.